The second-order valence-corrected chi connectivity index (χ2v) is 5.66. The molecule has 9 heteroatoms. The molecule has 0 aliphatic rings. The van der Waals surface area contributed by atoms with Gasteiger partial charge in [0.1, 0.15) is 5.82 Å². The molecule has 1 heterocycles. The Morgan fingerprint density at radius 2 is 2.20 bits per heavy atom. The molecule has 0 radical (unpaired) electrons. The largest absolute Gasteiger partial charge is 0.392 e. The van der Waals surface area contributed by atoms with Crippen LogP contribution in [-0.4, -0.2) is 30.2 Å². The third kappa shape index (κ3) is 3.38. The zero-order chi connectivity index (χ0) is 14.6. The normalized spacial score (nSPS) is 11.7. The first-order chi connectivity index (χ1) is 9.53. The lowest BCUT2D eigenvalue weighted by molar-refractivity contribution is 0.275. The Bertz CT molecular complexity index is 673. The summed E-state index contributed by atoms with van der Waals surface area (Å²) in [6.07, 6.45) is 1.46. The van der Waals surface area contributed by atoms with Gasteiger partial charge in [-0.05, 0) is 18.2 Å². The molecule has 2 N–H and O–H groups in total. The number of hydrogen-bond acceptors (Lipinski definition) is 6. The summed E-state index contributed by atoms with van der Waals surface area (Å²) < 4.78 is 44.2. The smallest absolute Gasteiger partial charge is 0.240 e. The highest BCUT2D eigenvalue weighted by Crippen LogP contribution is 2.15. The third-order valence-electron chi connectivity index (χ3n) is 2.54. The maximum atomic E-state index is 13.2. The Labute approximate surface area is 114 Å². The minimum Gasteiger partial charge on any atom is -0.392 e. The van der Waals surface area contributed by atoms with Crippen molar-refractivity contribution in [3.63, 3.8) is 0 Å². The lowest BCUT2D eigenvalue weighted by atomic mass is 10.2. The zero-order valence-corrected chi connectivity index (χ0v) is 11.1. The van der Waals surface area contributed by atoms with Crippen molar-refractivity contribution in [2.45, 2.75) is 17.9 Å². The van der Waals surface area contributed by atoms with Gasteiger partial charge >= 0.3 is 0 Å². The van der Waals surface area contributed by atoms with Gasteiger partial charge in [0.25, 0.3) is 0 Å². The summed E-state index contributed by atoms with van der Waals surface area (Å²) in [6, 6.07) is 3.21. The molecule has 2 aromatic rings. The van der Waals surface area contributed by atoms with Crippen LogP contribution < -0.4 is 4.72 Å². The average Bonchev–Trinajstić information content (AvgIpc) is 2.92. The Balaban J connectivity index is 2.06. The number of aliphatic hydroxyl groups excluding tert-OH is 1. The van der Waals surface area contributed by atoms with Gasteiger partial charge in [-0.25, -0.2) is 17.5 Å². The number of nitrogens with one attached hydrogen (secondary N) is 1. The number of halogens is 1. The van der Waals surface area contributed by atoms with Gasteiger partial charge in [-0.2, -0.15) is 4.98 Å². The number of nitrogens with zero attached hydrogens (tertiary/aromatic N) is 2. The minimum absolute atomic E-state index is 0.0658. The van der Waals surface area contributed by atoms with E-state index < -0.39 is 22.4 Å². The van der Waals surface area contributed by atoms with E-state index in [-0.39, 0.29) is 23.4 Å². The van der Waals surface area contributed by atoms with Crippen LogP contribution in [0.1, 0.15) is 11.5 Å². The van der Waals surface area contributed by atoms with Crippen LogP contribution in [0.2, 0.25) is 0 Å². The van der Waals surface area contributed by atoms with Crippen molar-refractivity contribution in [3.8, 4) is 0 Å². The molecule has 0 aliphatic heterocycles. The molecular formula is C11H12FN3O4S. The van der Waals surface area contributed by atoms with E-state index in [9.17, 15) is 12.8 Å². The Kier molecular flexibility index (Phi) is 4.42. The van der Waals surface area contributed by atoms with E-state index in [1.165, 1.54) is 6.33 Å². The van der Waals surface area contributed by atoms with Gasteiger partial charge in [0.05, 0.1) is 11.5 Å². The van der Waals surface area contributed by atoms with E-state index in [0.717, 1.165) is 18.2 Å². The second kappa shape index (κ2) is 6.07. The summed E-state index contributed by atoms with van der Waals surface area (Å²) in [5.74, 6) is -0.347. The Hall–Kier alpha value is -1.84. The van der Waals surface area contributed by atoms with Crippen molar-refractivity contribution in [3.05, 3.63) is 41.8 Å². The quantitative estimate of drug-likeness (QED) is 0.791. The van der Waals surface area contributed by atoms with Gasteiger partial charge in [0.15, 0.2) is 6.33 Å². The van der Waals surface area contributed by atoms with Gasteiger partial charge in [-0.1, -0.05) is 5.16 Å². The highest BCUT2D eigenvalue weighted by Gasteiger charge is 2.16. The molecule has 0 aliphatic carbocycles. The molecule has 0 atom stereocenters. The van der Waals surface area contributed by atoms with E-state index >= 15 is 0 Å². The highest BCUT2D eigenvalue weighted by atomic mass is 32.2. The number of rotatable bonds is 6. The van der Waals surface area contributed by atoms with Gasteiger partial charge in [-0.3, -0.25) is 0 Å². The van der Waals surface area contributed by atoms with E-state index in [0.29, 0.717) is 5.89 Å². The van der Waals surface area contributed by atoms with E-state index in [2.05, 4.69) is 14.9 Å². The number of hydrogen-bond donors (Lipinski definition) is 2. The van der Waals surface area contributed by atoms with Crippen LogP contribution in [0, 0.1) is 5.82 Å². The van der Waals surface area contributed by atoms with Gasteiger partial charge in [-0.15, -0.1) is 0 Å². The van der Waals surface area contributed by atoms with Crippen molar-refractivity contribution in [2.24, 2.45) is 0 Å². The summed E-state index contributed by atoms with van der Waals surface area (Å²) in [7, 11) is -3.78. The molecular weight excluding hydrogens is 289 g/mol. The summed E-state index contributed by atoms with van der Waals surface area (Å²) in [5, 5.41) is 12.3. The third-order valence-corrected chi connectivity index (χ3v) is 3.99. The minimum atomic E-state index is -3.78. The maximum Gasteiger partial charge on any atom is 0.240 e. The molecule has 1 aromatic heterocycles. The fourth-order valence-corrected chi connectivity index (χ4v) is 2.60. The molecule has 0 unspecified atom stereocenters. The topological polar surface area (TPSA) is 105 Å². The zero-order valence-electron chi connectivity index (χ0n) is 10.3. The van der Waals surface area contributed by atoms with Gasteiger partial charge in [0, 0.05) is 18.5 Å². The number of aliphatic hydroxyl groups is 1. The van der Waals surface area contributed by atoms with Crippen LogP contribution in [0.25, 0.3) is 0 Å². The molecule has 0 saturated heterocycles. The molecule has 0 bridgehead atoms. The SMILES string of the molecule is O=S(=O)(NCCc1ncno1)c1ccc(F)c(CO)c1. The standard InChI is InChI=1S/C11H12FN3O4S/c12-10-2-1-9(5-8(10)6-16)20(17,18)15-4-3-11-13-7-14-19-11/h1-2,5,7,15-16H,3-4,6H2. The maximum absolute atomic E-state index is 13.2. The van der Waals surface area contributed by atoms with Crippen LogP contribution in [0.4, 0.5) is 4.39 Å². The first-order valence-corrected chi connectivity index (χ1v) is 7.16. The Morgan fingerprint density at radius 1 is 1.40 bits per heavy atom. The van der Waals surface area contributed by atoms with Crippen molar-refractivity contribution in [1.29, 1.82) is 0 Å². The van der Waals surface area contributed by atoms with Crippen LogP contribution in [0.5, 0.6) is 0 Å². The van der Waals surface area contributed by atoms with Crippen molar-refractivity contribution < 1.29 is 22.4 Å². The molecule has 0 amide bonds. The van der Waals surface area contributed by atoms with Crippen LogP contribution in [0.3, 0.4) is 0 Å². The van der Waals surface area contributed by atoms with E-state index in [4.69, 9.17) is 9.63 Å². The summed E-state index contributed by atoms with van der Waals surface area (Å²) in [6.45, 7) is -0.506. The molecule has 2 rings (SSSR count). The molecule has 20 heavy (non-hydrogen) atoms. The molecule has 0 spiro atoms. The summed E-state index contributed by atoms with van der Waals surface area (Å²) in [5.41, 5.74) is -0.0789. The van der Waals surface area contributed by atoms with Crippen molar-refractivity contribution in [1.82, 2.24) is 14.9 Å². The number of benzene rings is 1. The summed E-state index contributed by atoms with van der Waals surface area (Å²) in [4.78, 5) is 3.64. The van der Waals surface area contributed by atoms with E-state index in [1.54, 1.807) is 0 Å². The fourth-order valence-electron chi connectivity index (χ4n) is 1.52. The van der Waals surface area contributed by atoms with Crippen molar-refractivity contribution in [2.75, 3.05) is 6.54 Å². The lowest BCUT2D eigenvalue weighted by Crippen LogP contribution is -2.26. The predicted octanol–water partition coefficient (Wildman–Crippen LogP) is 0.222. The van der Waals surface area contributed by atoms with Gasteiger partial charge in [0.2, 0.25) is 15.9 Å². The number of sulfonamides is 1. The highest BCUT2D eigenvalue weighted by molar-refractivity contribution is 7.89. The first kappa shape index (κ1) is 14.6. The molecule has 108 valence electrons. The molecule has 7 nitrogen and oxygen atoms in total. The average molecular weight is 301 g/mol. The molecule has 0 fully saturated rings. The van der Waals surface area contributed by atoms with E-state index in [1.807, 2.05) is 0 Å². The van der Waals surface area contributed by atoms with Crippen molar-refractivity contribution >= 4 is 10.0 Å². The Morgan fingerprint density at radius 3 is 2.85 bits per heavy atom. The molecule has 1 aromatic carbocycles. The van der Waals surface area contributed by atoms with Crippen LogP contribution >= 0.6 is 0 Å². The molecule has 0 saturated carbocycles. The monoisotopic (exact) mass is 301 g/mol. The predicted molar refractivity (Wildman–Crippen MR) is 65.5 cm³/mol. The summed E-state index contributed by atoms with van der Waals surface area (Å²) >= 11 is 0. The second-order valence-electron chi connectivity index (χ2n) is 3.89. The van der Waals surface area contributed by atoms with Crippen LogP contribution in [0.15, 0.2) is 33.9 Å². The number of aromatic nitrogens is 2. The van der Waals surface area contributed by atoms with Gasteiger partial charge < -0.3 is 9.63 Å². The lowest BCUT2D eigenvalue weighted by Gasteiger charge is -2.07. The van der Waals surface area contributed by atoms with Crippen LogP contribution in [-0.2, 0) is 23.1 Å². The fraction of sp³-hybridized carbons (Fsp3) is 0.273. The first-order valence-electron chi connectivity index (χ1n) is 5.67.